The maximum Gasteiger partial charge on any atom is 0.275 e. The molecule has 0 amide bonds. The minimum atomic E-state index is -0.505. The number of hydrogen-bond acceptors (Lipinski definition) is 5. The van der Waals surface area contributed by atoms with Gasteiger partial charge < -0.3 is 10.2 Å². The zero-order chi connectivity index (χ0) is 13.8. The molecular formula is C12H10BrN3O3. The first kappa shape index (κ1) is 13.3. The molecule has 7 heteroatoms. The molecule has 0 bridgehead atoms. The van der Waals surface area contributed by atoms with Crippen LogP contribution < -0.4 is 16.0 Å². The van der Waals surface area contributed by atoms with E-state index in [-0.39, 0.29) is 5.69 Å². The lowest BCUT2D eigenvalue weighted by Gasteiger charge is -2.08. The van der Waals surface area contributed by atoms with E-state index in [1.165, 1.54) is 12.1 Å². The van der Waals surface area contributed by atoms with Gasteiger partial charge in [-0.05, 0) is 18.2 Å². The molecule has 2 aromatic rings. The number of nitro benzene ring substituents is 1. The lowest BCUT2D eigenvalue weighted by Crippen LogP contribution is -2.07. The fourth-order valence-electron chi connectivity index (χ4n) is 1.50. The summed E-state index contributed by atoms with van der Waals surface area (Å²) in [7, 11) is 0. The van der Waals surface area contributed by atoms with Gasteiger partial charge in [-0.25, -0.2) is 0 Å². The summed E-state index contributed by atoms with van der Waals surface area (Å²) < 4.78 is 6.42. The maximum atomic E-state index is 10.8. The molecule has 0 unspecified atom stereocenters. The van der Waals surface area contributed by atoms with Crippen molar-refractivity contribution in [2.75, 3.05) is 5.43 Å². The summed E-state index contributed by atoms with van der Waals surface area (Å²) in [4.78, 5) is 10.3. The molecule has 3 N–H and O–H groups in total. The predicted molar refractivity (Wildman–Crippen MR) is 75.1 cm³/mol. The second kappa shape index (κ2) is 5.68. The van der Waals surface area contributed by atoms with E-state index in [1.54, 1.807) is 24.3 Å². The van der Waals surface area contributed by atoms with Crippen molar-refractivity contribution in [1.29, 1.82) is 0 Å². The van der Waals surface area contributed by atoms with Crippen LogP contribution in [0.1, 0.15) is 0 Å². The third-order valence-electron chi connectivity index (χ3n) is 2.30. The molecule has 0 fully saturated rings. The van der Waals surface area contributed by atoms with Crippen LogP contribution >= 0.6 is 15.9 Å². The number of benzene rings is 2. The van der Waals surface area contributed by atoms with Crippen molar-refractivity contribution < 1.29 is 9.66 Å². The highest BCUT2D eigenvalue weighted by Gasteiger charge is 2.11. The number of nitro groups is 1. The van der Waals surface area contributed by atoms with Gasteiger partial charge in [0.2, 0.25) is 0 Å². The van der Waals surface area contributed by atoms with Crippen molar-refractivity contribution in [1.82, 2.24) is 0 Å². The van der Waals surface area contributed by atoms with Crippen LogP contribution in [0, 0.1) is 10.1 Å². The number of nitrogen functional groups attached to an aromatic ring is 1. The third kappa shape index (κ3) is 3.43. The monoisotopic (exact) mass is 323 g/mol. The minimum Gasteiger partial charge on any atom is -0.457 e. The van der Waals surface area contributed by atoms with Crippen LogP contribution in [0.2, 0.25) is 0 Å². The summed E-state index contributed by atoms with van der Waals surface area (Å²) in [5.41, 5.74) is 2.67. The van der Waals surface area contributed by atoms with Gasteiger partial charge in [-0.2, -0.15) is 0 Å². The Morgan fingerprint density at radius 2 is 2.00 bits per heavy atom. The number of rotatable bonds is 4. The molecule has 0 heterocycles. The smallest absolute Gasteiger partial charge is 0.275 e. The van der Waals surface area contributed by atoms with Gasteiger partial charge in [0.05, 0.1) is 16.7 Å². The Bertz CT molecular complexity index is 619. The number of non-ortho nitro benzene ring substituents is 1. The van der Waals surface area contributed by atoms with Crippen LogP contribution in [0.15, 0.2) is 46.9 Å². The van der Waals surface area contributed by atoms with Crippen LogP contribution in [0.4, 0.5) is 11.4 Å². The first-order valence-electron chi connectivity index (χ1n) is 5.28. The summed E-state index contributed by atoms with van der Waals surface area (Å²) in [6.07, 6.45) is 0. The third-order valence-corrected chi connectivity index (χ3v) is 2.79. The van der Waals surface area contributed by atoms with Crippen molar-refractivity contribution >= 4 is 27.3 Å². The van der Waals surface area contributed by atoms with Crippen molar-refractivity contribution in [3.63, 3.8) is 0 Å². The highest BCUT2D eigenvalue weighted by atomic mass is 79.9. The van der Waals surface area contributed by atoms with Gasteiger partial charge in [-0.1, -0.05) is 22.0 Å². The first-order valence-corrected chi connectivity index (χ1v) is 6.07. The molecule has 0 saturated heterocycles. The van der Waals surface area contributed by atoms with Gasteiger partial charge in [-0.15, -0.1) is 0 Å². The molecule has 0 aliphatic heterocycles. The van der Waals surface area contributed by atoms with E-state index < -0.39 is 4.92 Å². The number of nitrogens with one attached hydrogen (secondary N) is 1. The Hall–Kier alpha value is -2.12. The molecule has 2 aromatic carbocycles. The van der Waals surface area contributed by atoms with Gasteiger partial charge in [0.15, 0.2) is 0 Å². The molecule has 0 spiro atoms. The van der Waals surface area contributed by atoms with E-state index >= 15 is 0 Å². The lowest BCUT2D eigenvalue weighted by molar-refractivity contribution is -0.384. The van der Waals surface area contributed by atoms with E-state index in [9.17, 15) is 10.1 Å². The van der Waals surface area contributed by atoms with E-state index in [2.05, 4.69) is 21.4 Å². The van der Waals surface area contributed by atoms with Crippen LogP contribution in [0.5, 0.6) is 11.5 Å². The molecule has 0 saturated carbocycles. The molecule has 19 heavy (non-hydrogen) atoms. The molecule has 0 aliphatic rings. The molecule has 0 aliphatic carbocycles. The van der Waals surface area contributed by atoms with Crippen LogP contribution in [-0.4, -0.2) is 4.92 Å². The van der Waals surface area contributed by atoms with Gasteiger partial charge in [-0.3, -0.25) is 16.0 Å². The molecule has 6 nitrogen and oxygen atoms in total. The fraction of sp³-hybridized carbons (Fsp3) is 0. The topological polar surface area (TPSA) is 90.4 Å². The molecule has 0 atom stereocenters. The van der Waals surface area contributed by atoms with Gasteiger partial charge in [0.1, 0.15) is 11.5 Å². The highest BCUT2D eigenvalue weighted by molar-refractivity contribution is 9.10. The average Bonchev–Trinajstić information content (AvgIpc) is 2.38. The number of halogens is 1. The molecule has 0 radical (unpaired) electrons. The summed E-state index contributed by atoms with van der Waals surface area (Å²) in [6.45, 7) is 0. The number of nitrogens with two attached hydrogens (primary N) is 1. The Morgan fingerprint density at radius 1 is 1.21 bits per heavy atom. The summed E-state index contributed by atoms with van der Waals surface area (Å²) in [5.74, 6) is 6.17. The summed E-state index contributed by atoms with van der Waals surface area (Å²) in [6, 6.07) is 11.4. The molecule has 2 rings (SSSR count). The van der Waals surface area contributed by atoms with Crippen LogP contribution in [0.3, 0.4) is 0 Å². The minimum absolute atomic E-state index is 0.0968. The van der Waals surface area contributed by atoms with E-state index in [0.717, 1.165) is 4.47 Å². The van der Waals surface area contributed by atoms with E-state index in [0.29, 0.717) is 17.2 Å². The second-order valence-electron chi connectivity index (χ2n) is 3.68. The first-order chi connectivity index (χ1) is 9.08. The van der Waals surface area contributed by atoms with Gasteiger partial charge >= 0.3 is 0 Å². The Labute approximate surface area is 117 Å². The predicted octanol–water partition coefficient (Wildman–Crippen LogP) is 3.44. The van der Waals surface area contributed by atoms with Crippen molar-refractivity contribution in [2.45, 2.75) is 0 Å². The molecule has 98 valence electrons. The van der Waals surface area contributed by atoms with Gasteiger partial charge in [0.25, 0.3) is 5.69 Å². The second-order valence-corrected chi connectivity index (χ2v) is 4.59. The Kier molecular flexibility index (Phi) is 3.98. The summed E-state index contributed by atoms with van der Waals surface area (Å²) in [5, 5.41) is 10.8. The number of ether oxygens (including phenoxy) is 1. The highest BCUT2D eigenvalue weighted by Crippen LogP contribution is 2.30. The van der Waals surface area contributed by atoms with Crippen molar-refractivity contribution in [2.24, 2.45) is 5.84 Å². The van der Waals surface area contributed by atoms with Crippen molar-refractivity contribution in [3.05, 3.63) is 57.1 Å². The quantitative estimate of drug-likeness (QED) is 0.511. The van der Waals surface area contributed by atoms with E-state index in [4.69, 9.17) is 10.6 Å². The van der Waals surface area contributed by atoms with E-state index in [1.807, 2.05) is 6.07 Å². The van der Waals surface area contributed by atoms with Crippen molar-refractivity contribution in [3.8, 4) is 11.5 Å². The average molecular weight is 324 g/mol. The largest absolute Gasteiger partial charge is 0.457 e. The fourth-order valence-corrected chi connectivity index (χ4v) is 1.88. The standard InChI is InChI=1S/C12H10BrN3O3/c13-8-2-1-3-11(4-8)19-12-6-9(15-14)5-10(7-12)16(17)18/h1-7,15H,14H2. The van der Waals surface area contributed by atoms with Crippen LogP contribution in [0.25, 0.3) is 0 Å². The Balaban J connectivity index is 2.34. The Morgan fingerprint density at radius 3 is 2.63 bits per heavy atom. The van der Waals surface area contributed by atoms with Crippen LogP contribution in [-0.2, 0) is 0 Å². The normalized spacial score (nSPS) is 10.0. The number of hydrazine groups is 1. The maximum absolute atomic E-state index is 10.8. The number of anilines is 1. The SMILES string of the molecule is NNc1cc(Oc2cccc(Br)c2)cc([N+](=O)[O-])c1. The zero-order valence-corrected chi connectivity index (χ0v) is 11.3. The zero-order valence-electron chi connectivity index (χ0n) is 9.67. The number of hydrogen-bond donors (Lipinski definition) is 2. The lowest BCUT2D eigenvalue weighted by atomic mass is 10.2. The van der Waals surface area contributed by atoms with Gasteiger partial charge in [0, 0.05) is 16.6 Å². The number of nitrogens with zero attached hydrogens (tertiary/aromatic N) is 1. The summed E-state index contributed by atoms with van der Waals surface area (Å²) >= 11 is 3.32. The molecule has 0 aromatic heterocycles. The molecular weight excluding hydrogens is 314 g/mol.